The second-order valence-corrected chi connectivity index (χ2v) is 5.67. The van der Waals surface area contributed by atoms with Crippen LogP contribution in [0.4, 0.5) is 0 Å². The standard InChI is InChI=1S/C19H23N/c1-4-6-9-15-11-12-16-18(13-15)20(5-2)17-10-7-8-14(3)19(16)17/h7-8,10-13H,4-6,9H2,1-3H3. The van der Waals surface area contributed by atoms with Crippen LogP contribution in [0.3, 0.4) is 0 Å². The SMILES string of the molecule is CCCCc1ccc2c3c(C)cccc3n(CC)c2c1. The van der Waals surface area contributed by atoms with Crippen molar-refractivity contribution >= 4 is 21.8 Å². The third-order valence-corrected chi connectivity index (χ3v) is 4.30. The van der Waals surface area contributed by atoms with Crippen molar-refractivity contribution in [1.82, 2.24) is 4.57 Å². The first kappa shape index (κ1) is 13.2. The monoisotopic (exact) mass is 265 g/mol. The molecule has 1 heterocycles. The summed E-state index contributed by atoms with van der Waals surface area (Å²) in [6, 6.07) is 13.7. The molecular formula is C19H23N. The van der Waals surface area contributed by atoms with Crippen molar-refractivity contribution in [3.8, 4) is 0 Å². The van der Waals surface area contributed by atoms with E-state index in [0.717, 1.165) is 6.54 Å². The number of nitrogens with zero attached hydrogens (tertiary/aromatic N) is 1. The molecule has 0 aliphatic rings. The van der Waals surface area contributed by atoms with Crippen molar-refractivity contribution in [3.05, 3.63) is 47.5 Å². The molecule has 0 radical (unpaired) electrons. The average Bonchev–Trinajstić information content (AvgIpc) is 2.79. The van der Waals surface area contributed by atoms with Crippen LogP contribution in [0.1, 0.15) is 37.8 Å². The van der Waals surface area contributed by atoms with E-state index in [1.54, 1.807) is 0 Å². The first-order chi connectivity index (χ1) is 9.76. The highest BCUT2D eigenvalue weighted by atomic mass is 15.0. The van der Waals surface area contributed by atoms with Gasteiger partial charge in [0.25, 0.3) is 0 Å². The molecule has 0 fully saturated rings. The topological polar surface area (TPSA) is 4.93 Å². The van der Waals surface area contributed by atoms with Gasteiger partial charge in [-0.2, -0.15) is 0 Å². The normalized spacial score (nSPS) is 11.6. The Labute approximate surface area is 121 Å². The number of fused-ring (bicyclic) bond motifs is 3. The zero-order valence-corrected chi connectivity index (χ0v) is 12.7. The Morgan fingerprint density at radius 2 is 1.85 bits per heavy atom. The lowest BCUT2D eigenvalue weighted by Crippen LogP contribution is -1.94. The van der Waals surface area contributed by atoms with Crippen LogP contribution >= 0.6 is 0 Å². The molecule has 0 spiro atoms. The summed E-state index contributed by atoms with van der Waals surface area (Å²) in [5, 5.41) is 2.83. The molecule has 104 valence electrons. The molecule has 3 rings (SSSR count). The maximum Gasteiger partial charge on any atom is 0.0494 e. The first-order valence-electron chi connectivity index (χ1n) is 7.76. The summed E-state index contributed by atoms with van der Waals surface area (Å²) >= 11 is 0. The third kappa shape index (κ3) is 2.02. The molecule has 0 amide bonds. The molecule has 0 bridgehead atoms. The Hall–Kier alpha value is -1.76. The molecule has 1 aromatic heterocycles. The van der Waals surface area contributed by atoms with Crippen LogP contribution in [0, 0.1) is 6.92 Å². The Morgan fingerprint density at radius 1 is 1.00 bits per heavy atom. The van der Waals surface area contributed by atoms with Crippen molar-refractivity contribution in [1.29, 1.82) is 0 Å². The highest BCUT2D eigenvalue weighted by Crippen LogP contribution is 2.32. The van der Waals surface area contributed by atoms with Crippen molar-refractivity contribution in [3.63, 3.8) is 0 Å². The minimum absolute atomic E-state index is 1.03. The summed E-state index contributed by atoms with van der Waals surface area (Å²) in [6.45, 7) is 7.73. The molecule has 0 aliphatic heterocycles. The Bertz CT molecular complexity index is 749. The number of hydrogen-bond donors (Lipinski definition) is 0. The van der Waals surface area contributed by atoms with Gasteiger partial charge in [-0.1, -0.05) is 37.6 Å². The fourth-order valence-corrected chi connectivity index (χ4v) is 3.25. The molecule has 0 aliphatic carbocycles. The number of unbranched alkanes of at least 4 members (excludes halogenated alkanes) is 1. The third-order valence-electron chi connectivity index (χ3n) is 4.30. The van der Waals surface area contributed by atoms with Crippen LogP contribution in [0.15, 0.2) is 36.4 Å². The molecular weight excluding hydrogens is 242 g/mol. The number of aromatic nitrogens is 1. The van der Waals surface area contributed by atoms with Crippen LogP contribution in [0.25, 0.3) is 21.8 Å². The van der Waals surface area contributed by atoms with Gasteiger partial charge < -0.3 is 4.57 Å². The molecule has 0 saturated heterocycles. The van der Waals surface area contributed by atoms with Gasteiger partial charge in [0.15, 0.2) is 0 Å². The van der Waals surface area contributed by atoms with E-state index in [1.807, 2.05) is 0 Å². The molecule has 0 saturated carbocycles. The van der Waals surface area contributed by atoms with Gasteiger partial charge in [0, 0.05) is 28.4 Å². The molecule has 3 aromatic rings. The lowest BCUT2D eigenvalue weighted by atomic mass is 10.0. The summed E-state index contributed by atoms with van der Waals surface area (Å²) in [6.07, 6.45) is 3.72. The van der Waals surface area contributed by atoms with Crippen LogP contribution in [-0.2, 0) is 13.0 Å². The van der Waals surface area contributed by atoms with Crippen molar-refractivity contribution < 1.29 is 0 Å². The van der Waals surface area contributed by atoms with Crippen molar-refractivity contribution in [2.75, 3.05) is 0 Å². The van der Waals surface area contributed by atoms with Gasteiger partial charge in [-0.05, 0) is 49.9 Å². The Morgan fingerprint density at radius 3 is 2.60 bits per heavy atom. The van der Waals surface area contributed by atoms with Crippen LogP contribution in [0.2, 0.25) is 0 Å². The number of aryl methyl sites for hydroxylation is 3. The minimum atomic E-state index is 1.03. The van der Waals surface area contributed by atoms with Gasteiger partial charge in [0.1, 0.15) is 0 Å². The predicted octanol–water partition coefficient (Wildman–Crippen LogP) is 5.47. The minimum Gasteiger partial charge on any atom is -0.341 e. The van der Waals surface area contributed by atoms with Gasteiger partial charge in [-0.3, -0.25) is 0 Å². The second kappa shape index (κ2) is 5.32. The zero-order chi connectivity index (χ0) is 14.1. The highest BCUT2D eigenvalue weighted by molar-refractivity contribution is 6.09. The van der Waals surface area contributed by atoms with E-state index < -0.39 is 0 Å². The number of hydrogen-bond acceptors (Lipinski definition) is 0. The van der Waals surface area contributed by atoms with Crippen LogP contribution in [-0.4, -0.2) is 4.57 Å². The van der Waals surface area contributed by atoms with E-state index in [0.29, 0.717) is 0 Å². The average molecular weight is 265 g/mol. The molecule has 2 aromatic carbocycles. The summed E-state index contributed by atoms with van der Waals surface area (Å²) in [5.41, 5.74) is 5.61. The molecule has 20 heavy (non-hydrogen) atoms. The summed E-state index contributed by atoms with van der Waals surface area (Å²) in [4.78, 5) is 0. The van der Waals surface area contributed by atoms with Crippen molar-refractivity contribution in [2.45, 2.75) is 46.6 Å². The fraction of sp³-hybridized carbons (Fsp3) is 0.368. The van der Waals surface area contributed by atoms with E-state index in [4.69, 9.17) is 0 Å². The van der Waals surface area contributed by atoms with E-state index in [9.17, 15) is 0 Å². The molecule has 1 heteroatoms. The quantitative estimate of drug-likeness (QED) is 0.590. The maximum absolute atomic E-state index is 2.45. The first-order valence-corrected chi connectivity index (χ1v) is 7.76. The van der Waals surface area contributed by atoms with Crippen LogP contribution in [0.5, 0.6) is 0 Å². The van der Waals surface area contributed by atoms with E-state index in [2.05, 4.69) is 61.7 Å². The Kier molecular flexibility index (Phi) is 3.52. The van der Waals surface area contributed by atoms with Gasteiger partial charge in [-0.25, -0.2) is 0 Å². The predicted molar refractivity (Wildman–Crippen MR) is 88.5 cm³/mol. The molecule has 0 N–H and O–H groups in total. The summed E-state index contributed by atoms with van der Waals surface area (Å²) < 4.78 is 2.45. The number of rotatable bonds is 4. The van der Waals surface area contributed by atoms with Gasteiger partial charge >= 0.3 is 0 Å². The number of benzene rings is 2. The van der Waals surface area contributed by atoms with E-state index >= 15 is 0 Å². The van der Waals surface area contributed by atoms with E-state index in [1.165, 1.54) is 52.2 Å². The summed E-state index contributed by atoms with van der Waals surface area (Å²) in [7, 11) is 0. The fourth-order valence-electron chi connectivity index (χ4n) is 3.25. The van der Waals surface area contributed by atoms with E-state index in [-0.39, 0.29) is 0 Å². The molecule has 0 unspecified atom stereocenters. The molecule has 0 atom stereocenters. The smallest absolute Gasteiger partial charge is 0.0494 e. The summed E-state index contributed by atoms with van der Waals surface area (Å²) in [5.74, 6) is 0. The lowest BCUT2D eigenvalue weighted by molar-refractivity contribution is 0.793. The van der Waals surface area contributed by atoms with Gasteiger partial charge in [0.05, 0.1) is 0 Å². The largest absolute Gasteiger partial charge is 0.341 e. The maximum atomic E-state index is 2.45. The van der Waals surface area contributed by atoms with Gasteiger partial charge in [0.2, 0.25) is 0 Å². The van der Waals surface area contributed by atoms with Crippen molar-refractivity contribution in [2.24, 2.45) is 0 Å². The molecule has 1 nitrogen and oxygen atoms in total. The Balaban J connectivity index is 2.29. The second-order valence-electron chi connectivity index (χ2n) is 5.67. The highest BCUT2D eigenvalue weighted by Gasteiger charge is 2.11. The lowest BCUT2D eigenvalue weighted by Gasteiger charge is -2.05. The van der Waals surface area contributed by atoms with Crippen LogP contribution < -0.4 is 0 Å². The zero-order valence-electron chi connectivity index (χ0n) is 12.7. The van der Waals surface area contributed by atoms with Gasteiger partial charge in [-0.15, -0.1) is 0 Å².